The Morgan fingerprint density at radius 2 is 1.74 bits per heavy atom. The molecule has 1 aliphatic carbocycles. The second-order valence-electron chi connectivity index (χ2n) is 5.46. The molecule has 0 saturated heterocycles. The number of hydrazine groups is 1. The van der Waals surface area contributed by atoms with Crippen molar-refractivity contribution >= 4 is 11.8 Å². The van der Waals surface area contributed by atoms with Crippen molar-refractivity contribution < 1.29 is 19.1 Å². The molecule has 2 amide bonds. The average molecular weight is 314 g/mol. The molecule has 0 aliphatic heterocycles. The number of phenolic OH excluding ortho intramolecular Hbond substituents is 1. The number of hydrogen-bond donors (Lipinski definition) is 3. The highest BCUT2D eigenvalue weighted by molar-refractivity contribution is 5.98. The SMILES string of the molecule is O=C(NNC(=O)C1CC1c1ccc(F)cc1)c1ccccc1O. The van der Waals surface area contributed by atoms with E-state index in [9.17, 15) is 19.1 Å². The van der Waals surface area contributed by atoms with E-state index in [1.165, 1.54) is 24.3 Å². The van der Waals surface area contributed by atoms with Gasteiger partial charge in [-0.2, -0.15) is 0 Å². The van der Waals surface area contributed by atoms with Crippen molar-refractivity contribution in [3.63, 3.8) is 0 Å². The first-order chi connectivity index (χ1) is 11.1. The first kappa shape index (κ1) is 15.0. The third kappa shape index (κ3) is 3.31. The highest BCUT2D eigenvalue weighted by Crippen LogP contribution is 2.47. The summed E-state index contributed by atoms with van der Waals surface area (Å²) in [4.78, 5) is 23.9. The fraction of sp³-hybridized carbons (Fsp3) is 0.176. The predicted octanol–water partition coefficient (Wildman–Crippen LogP) is 2.10. The summed E-state index contributed by atoms with van der Waals surface area (Å²) in [6.45, 7) is 0. The Labute approximate surface area is 132 Å². The molecule has 2 aromatic carbocycles. The van der Waals surface area contributed by atoms with Gasteiger partial charge in [0.2, 0.25) is 5.91 Å². The predicted molar refractivity (Wildman–Crippen MR) is 81.0 cm³/mol. The minimum atomic E-state index is -0.588. The summed E-state index contributed by atoms with van der Waals surface area (Å²) < 4.78 is 12.9. The van der Waals surface area contributed by atoms with Gasteiger partial charge in [-0.05, 0) is 42.2 Å². The molecule has 3 rings (SSSR count). The molecule has 0 heterocycles. The zero-order valence-corrected chi connectivity index (χ0v) is 12.1. The smallest absolute Gasteiger partial charge is 0.273 e. The normalized spacial score (nSPS) is 19.0. The third-order valence-corrected chi connectivity index (χ3v) is 3.87. The number of hydrogen-bond acceptors (Lipinski definition) is 3. The number of amides is 2. The van der Waals surface area contributed by atoms with E-state index in [-0.39, 0.29) is 34.9 Å². The molecule has 2 atom stereocenters. The highest BCUT2D eigenvalue weighted by atomic mass is 19.1. The molecule has 0 bridgehead atoms. The lowest BCUT2D eigenvalue weighted by Crippen LogP contribution is -2.42. The molecule has 1 saturated carbocycles. The standard InChI is InChI=1S/C17H15FN2O3/c18-11-7-5-10(6-8-11)13-9-14(13)17(23)20-19-16(22)12-3-1-2-4-15(12)21/h1-8,13-14,21H,9H2,(H,19,22)(H,20,23). The number of carbonyl (C=O) groups excluding carboxylic acids is 2. The number of nitrogens with one attached hydrogen (secondary N) is 2. The van der Waals surface area contributed by atoms with Gasteiger partial charge in [-0.1, -0.05) is 24.3 Å². The molecule has 118 valence electrons. The van der Waals surface area contributed by atoms with Crippen molar-refractivity contribution in [2.24, 2.45) is 5.92 Å². The van der Waals surface area contributed by atoms with Crippen LogP contribution in [0.3, 0.4) is 0 Å². The lowest BCUT2D eigenvalue weighted by molar-refractivity contribution is -0.123. The summed E-state index contributed by atoms with van der Waals surface area (Å²) >= 11 is 0. The largest absolute Gasteiger partial charge is 0.507 e. The molecule has 0 radical (unpaired) electrons. The Morgan fingerprint density at radius 3 is 2.43 bits per heavy atom. The maximum Gasteiger partial charge on any atom is 0.273 e. The minimum Gasteiger partial charge on any atom is -0.507 e. The van der Waals surface area contributed by atoms with Crippen molar-refractivity contribution in [3.8, 4) is 5.75 Å². The molecule has 1 aliphatic rings. The van der Waals surface area contributed by atoms with Crippen LogP contribution in [0.2, 0.25) is 0 Å². The fourth-order valence-corrected chi connectivity index (χ4v) is 2.51. The Morgan fingerprint density at radius 1 is 1.04 bits per heavy atom. The lowest BCUT2D eigenvalue weighted by atomic mass is 10.1. The van der Waals surface area contributed by atoms with Gasteiger partial charge in [-0.25, -0.2) is 4.39 Å². The van der Waals surface area contributed by atoms with Crippen LogP contribution in [0, 0.1) is 11.7 Å². The fourth-order valence-electron chi connectivity index (χ4n) is 2.51. The number of halogens is 1. The molecule has 23 heavy (non-hydrogen) atoms. The van der Waals surface area contributed by atoms with Gasteiger partial charge in [0.1, 0.15) is 11.6 Å². The summed E-state index contributed by atoms with van der Waals surface area (Å²) in [6, 6.07) is 12.1. The van der Waals surface area contributed by atoms with Crippen LogP contribution in [0.25, 0.3) is 0 Å². The second-order valence-corrected chi connectivity index (χ2v) is 5.46. The molecule has 0 aromatic heterocycles. The average Bonchev–Trinajstić information content (AvgIpc) is 3.34. The van der Waals surface area contributed by atoms with Gasteiger partial charge in [0.05, 0.1) is 5.56 Å². The van der Waals surface area contributed by atoms with Crippen molar-refractivity contribution in [3.05, 3.63) is 65.5 Å². The zero-order valence-electron chi connectivity index (χ0n) is 12.1. The van der Waals surface area contributed by atoms with Crippen LogP contribution in [0.1, 0.15) is 28.3 Å². The number of benzene rings is 2. The van der Waals surface area contributed by atoms with Crippen molar-refractivity contribution in [1.29, 1.82) is 0 Å². The summed E-state index contributed by atoms with van der Waals surface area (Å²) in [6.07, 6.45) is 0.657. The van der Waals surface area contributed by atoms with Gasteiger partial charge in [0, 0.05) is 5.92 Å². The molecular formula is C17H15FN2O3. The Balaban J connectivity index is 1.54. The van der Waals surface area contributed by atoms with Crippen molar-refractivity contribution in [2.45, 2.75) is 12.3 Å². The number of para-hydroxylation sites is 1. The molecule has 6 heteroatoms. The van der Waals surface area contributed by atoms with Gasteiger partial charge < -0.3 is 5.11 Å². The Hall–Kier alpha value is -2.89. The number of phenols is 1. The molecule has 2 unspecified atom stereocenters. The molecule has 0 spiro atoms. The molecule has 2 aromatic rings. The van der Waals surface area contributed by atoms with Gasteiger partial charge in [-0.3, -0.25) is 20.4 Å². The van der Waals surface area contributed by atoms with E-state index in [2.05, 4.69) is 10.9 Å². The van der Waals surface area contributed by atoms with E-state index in [1.807, 2.05) is 0 Å². The summed E-state index contributed by atoms with van der Waals surface area (Å²) in [5.41, 5.74) is 5.62. The van der Waals surface area contributed by atoms with Crippen molar-refractivity contribution in [2.75, 3.05) is 0 Å². The van der Waals surface area contributed by atoms with Gasteiger partial charge in [-0.15, -0.1) is 0 Å². The Kier molecular flexibility index (Phi) is 3.97. The molecule has 3 N–H and O–H groups in total. The zero-order chi connectivity index (χ0) is 16.4. The summed E-state index contributed by atoms with van der Waals surface area (Å²) in [7, 11) is 0. The van der Waals surface area contributed by atoms with E-state index < -0.39 is 5.91 Å². The van der Waals surface area contributed by atoms with E-state index in [0.717, 1.165) is 5.56 Å². The molecule has 1 fully saturated rings. The Bertz CT molecular complexity index is 746. The summed E-state index contributed by atoms with van der Waals surface area (Å²) in [5, 5.41) is 9.58. The van der Waals surface area contributed by atoms with Gasteiger partial charge >= 0.3 is 0 Å². The van der Waals surface area contributed by atoms with Gasteiger partial charge in [0.15, 0.2) is 0 Å². The first-order valence-corrected chi connectivity index (χ1v) is 7.20. The number of rotatable bonds is 3. The maximum atomic E-state index is 12.9. The lowest BCUT2D eigenvalue weighted by Gasteiger charge is -2.08. The van der Waals surface area contributed by atoms with Crippen molar-refractivity contribution in [1.82, 2.24) is 10.9 Å². The van der Waals surface area contributed by atoms with Crippen LogP contribution >= 0.6 is 0 Å². The quantitative estimate of drug-likeness (QED) is 0.759. The van der Waals surface area contributed by atoms with Crippen LogP contribution in [0.4, 0.5) is 4.39 Å². The van der Waals surface area contributed by atoms with E-state index in [0.29, 0.717) is 6.42 Å². The topological polar surface area (TPSA) is 78.4 Å². The van der Waals surface area contributed by atoms with E-state index in [1.54, 1.807) is 24.3 Å². The van der Waals surface area contributed by atoms with Crippen LogP contribution < -0.4 is 10.9 Å². The first-order valence-electron chi connectivity index (χ1n) is 7.20. The van der Waals surface area contributed by atoms with Gasteiger partial charge in [0.25, 0.3) is 5.91 Å². The second kappa shape index (κ2) is 6.08. The van der Waals surface area contributed by atoms with Crippen LogP contribution in [0.5, 0.6) is 5.75 Å². The van der Waals surface area contributed by atoms with Crippen LogP contribution in [-0.2, 0) is 4.79 Å². The molecular weight excluding hydrogens is 299 g/mol. The number of aromatic hydroxyl groups is 1. The van der Waals surface area contributed by atoms with Crippen LogP contribution in [-0.4, -0.2) is 16.9 Å². The monoisotopic (exact) mass is 314 g/mol. The minimum absolute atomic E-state index is 0.0395. The third-order valence-electron chi connectivity index (χ3n) is 3.87. The summed E-state index contributed by atoms with van der Waals surface area (Å²) in [5.74, 6) is -1.57. The van der Waals surface area contributed by atoms with Crippen LogP contribution in [0.15, 0.2) is 48.5 Å². The van der Waals surface area contributed by atoms with E-state index >= 15 is 0 Å². The highest BCUT2D eigenvalue weighted by Gasteiger charge is 2.44. The number of carbonyl (C=O) groups is 2. The molecule has 5 nitrogen and oxygen atoms in total. The van der Waals surface area contributed by atoms with E-state index in [4.69, 9.17) is 0 Å². The maximum absolute atomic E-state index is 12.9.